The third-order valence-electron chi connectivity index (χ3n) is 3.80. The van der Waals surface area contributed by atoms with Gasteiger partial charge in [-0.3, -0.25) is 4.79 Å². The van der Waals surface area contributed by atoms with Crippen LogP contribution in [0.1, 0.15) is 16.9 Å². The van der Waals surface area contributed by atoms with E-state index >= 15 is 0 Å². The van der Waals surface area contributed by atoms with Crippen LogP contribution in [-0.4, -0.2) is 41.2 Å². The normalized spacial score (nSPS) is 14.8. The minimum Gasteiger partial charge on any atom is -0.492 e. The molecule has 0 atom stereocenters. The summed E-state index contributed by atoms with van der Waals surface area (Å²) in [5, 5.41) is 32.8. The van der Waals surface area contributed by atoms with Crippen molar-refractivity contribution in [3.05, 3.63) is 33.3 Å². The zero-order valence-corrected chi connectivity index (χ0v) is 13.8. The fourth-order valence-corrected chi connectivity index (χ4v) is 2.52. The first kappa shape index (κ1) is 16.7. The molecule has 3 heterocycles. The molecule has 10 nitrogen and oxygen atoms in total. The van der Waals surface area contributed by atoms with Crippen LogP contribution in [0.5, 0.6) is 5.88 Å². The Morgan fingerprint density at radius 3 is 2.64 bits per heavy atom. The van der Waals surface area contributed by atoms with E-state index in [-0.39, 0.29) is 22.6 Å². The maximum Gasteiger partial charge on any atom is 0.300 e. The molecular formula is C15H16N6O4. The summed E-state index contributed by atoms with van der Waals surface area (Å²) < 4.78 is 11.2. The molecule has 0 radical (unpaired) electrons. The summed E-state index contributed by atoms with van der Waals surface area (Å²) in [5.74, 6) is 0.351. The molecule has 130 valence electrons. The number of pyridine rings is 1. The minimum absolute atomic E-state index is 0.0311. The van der Waals surface area contributed by atoms with Gasteiger partial charge in [0.15, 0.2) is 5.69 Å². The highest BCUT2D eigenvalue weighted by molar-refractivity contribution is 5.57. The Morgan fingerprint density at radius 2 is 2.04 bits per heavy atom. The van der Waals surface area contributed by atoms with Crippen molar-refractivity contribution in [1.29, 1.82) is 5.26 Å². The average molecular weight is 344 g/mol. The van der Waals surface area contributed by atoms with E-state index in [0.29, 0.717) is 32.1 Å². The molecule has 0 saturated carbocycles. The smallest absolute Gasteiger partial charge is 0.300 e. The van der Waals surface area contributed by atoms with E-state index in [0.717, 1.165) is 4.68 Å². The molecule has 0 aliphatic carbocycles. The first-order chi connectivity index (χ1) is 12.0. The first-order valence-electron chi connectivity index (χ1n) is 7.59. The van der Waals surface area contributed by atoms with Crippen molar-refractivity contribution >= 4 is 11.5 Å². The molecule has 0 unspecified atom stereocenters. The van der Waals surface area contributed by atoms with Crippen LogP contribution in [-0.2, 0) is 4.74 Å². The van der Waals surface area contributed by atoms with E-state index in [4.69, 9.17) is 9.26 Å². The number of nitrogens with zero attached hydrogens (tertiary/aromatic N) is 6. The van der Waals surface area contributed by atoms with Crippen LogP contribution in [0.25, 0.3) is 0 Å². The Morgan fingerprint density at radius 1 is 1.32 bits per heavy atom. The first-order valence-corrected chi connectivity index (χ1v) is 7.59. The second-order valence-corrected chi connectivity index (χ2v) is 5.46. The number of nitriles is 1. The lowest BCUT2D eigenvalue weighted by Crippen LogP contribution is -2.49. The molecule has 0 amide bonds. The predicted octanol–water partition coefficient (Wildman–Crippen LogP) is 1.41. The highest BCUT2D eigenvalue weighted by Gasteiger charge is 2.24. The monoisotopic (exact) mass is 344 g/mol. The maximum absolute atomic E-state index is 12.8. The van der Waals surface area contributed by atoms with Gasteiger partial charge in [0.2, 0.25) is 11.7 Å². The van der Waals surface area contributed by atoms with Gasteiger partial charge in [0.1, 0.15) is 17.4 Å². The molecule has 2 aromatic heterocycles. The zero-order chi connectivity index (χ0) is 18.0. The third-order valence-corrected chi connectivity index (χ3v) is 3.80. The standard InChI is InChI=1S/C15H16N6O4/c1-9-7-12(19-25-9)17-18-13-10(2)11(8-16)14(22)21(15(13)23)20-3-5-24-6-4-20/h7,22H,3-6H2,1-2H3. The summed E-state index contributed by atoms with van der Waals surface area (Å²) in [7, 11) is 0. The van der Waals surface area contributed by atoms with Crippen molar-refractivity contribution in [2.45, 2.75) is 13.8 Å². The summed E-state index contributed by atoms with van der Waals surface area (Å²) in [6.07, 6.45) is 0. The molecule has 10 heteroatoms. The Balaban J connectivity index is 2.12. The van der Waals surface area contributed by atoms with E-state index in [9.17, 15) is 15.2 Å². The number of hydrogen-bond donors (Lipinski definition) is 1. The van der Waals surface area contributed by atoms with Gasteiger partial charge in [0.25, 0.3) is 5.56 Å². The Bertz CT molecular complexity index is 917. The number of hydrogen-bond acceptors (Lipinski definition) is 9. The minimum atomic E-state index is -0.570. The van der Waals surface area contributed by atoms with Gasteiger partial charge in [-0.15, -0.1) is 10.2 Å². The lowest BCUT2D eigenvalue weighted by molar-refractivity contribution is 0.109. The molecule has 1 N–H and O–H groups in total. The van der Waals surface area contributed by atoms with Gasteiger partial charge in [-0.05, 0) is 13.8 Å². The van der Waals surface area contributed by atoms with Gasteiger partial charge < -0.3 is 19.4 Å². The summed E-state index contributed by atoms with van der Waals surface area (Å²) in [6.45, 7) is 4.87. The van der Waals surface area contributed by atoms with Gasteiger partial charge in [-0.2, -0.15) is 9.94 Å². The number of azo groups is 1. The zero-order valence-electron chi connectivity index (χ0n) is 13.8. The van der Waals surface area contributed by atoms with Crippen molar-refractivity contribution < 1.29 is 14.4 Å². The molecule has 1 saturated heterocycles. The topological polar surface area (TPSA) is 129 Å². The summed E-state index contributed by atoms with van der Waals surface area (Å²) in [4.78, 5) is 12.8. The molecule has 3 rings (SSSR count). The van der Waals surface area contributed by atoms with Gasteiger partial charge in [-0.25, -0.2) is 0 Å². The molecule has 0 bridgehead atoms. The Hall–Kier alpha value is -3.19. The van der Waals surface area contributed by atoms with E-state index < -0.39 is 11.4 Å². The molecule has 2 aromatic rings. The van der Waals surface area contributed by atoms with Crippen molar-refractivity contribution in [2.24, 2.45) is 10.2 Å². The third kappa shape index (κ3) is 3.09. The van der Waals surface area contributed by atoms with Crippen LogP contribution in [0, 0.1) is 25.2 Å². The Kier molecular flexibility index (Phi) is 4.49. The SMILES string of the molecule is Cc1cc(N=Nc2c(C)c(C#N)c(O)n(N3CCOCC3)c2=O)no1. The highest BCUT2D eigenvalue weighted by atomic mass is 16.5. The van der Waals surface area contributed by atoms with Crippen molar-refractivity contribution in [1.82, 2.24) is 9.83 Å². The van der Waals surface area contributed by atoms with Crippen LogP contribution in [0.3, 0.4) is 0 Å². The van der Waals surface area contributed by atoms with E-state index in [1.807, 2.05) is 6.07 Å². The largest absolute Gasteiger partial charge is 0.492 e. The van der Waals surface area contributed by atoms with Crippen LogP contribution in [0.2, 0.25) is 0 Å². The molecular weight excluding hydrogens is 328 g/mol. The second-order valence-electron chi connectivity index (χ2n) is 5.46. The highest BCUT2D eigenvalue weighted by Crippen LogP contribution is 2.27. The number of morpholine rings is 1. The van der Waals surface area contributed by atoms with Crippen molar-refractivity contribution in [2.75, 3.05) is 31.3 Å². The fourth-order valence-electron chi connectivity index (χ4n) is 2.52. The molecule has 0 spiro atoms. The van der Waals surface area contributed by atoms with Crippen LogP contribution in [0.4, 0.5) is 11.5 Å². The maximum atomic E-state index is 12.8. The predicted molar refractivity (Wildman–Crippen MR) is 86.0 cm³/mol. The van der Waals surface area contributed by atoms with Crippen LogP contribution < -0.4 is 10.6 Å². The number of aromatic nitrogens is 2. The lowest BCUT2D eigenvalue weighted by Gasteiger charge is -2.31. The molecule has 0 aromatic carbocycles. The number of aryl methyl sites for hydroxylation is 1. The lowest BCUT2D eigenvalue weighted by atomic mass is 10.1. The average Bonchev–Trinajstić information content (AvgIpc) is 3.01. The van der Waals surface area contributed by atoms with Gasteiger partial charge in [0, 0.05) is 11.6 Å². The summed E-state index contributed by atoms with van der Waals surface area (Å²) in [5.41, 5.74) is -0.392. The Labute approximate surface area is 142 Å². The van der Waals surface area contributed by atoms with E-state index in [2.05, 4.69) is 15.4 Å². The van der Waals surface area contributed by atoms with Gasteiger partial charge in [-0.1, -0.05) is 5.16 Å². The molecule has 25 heavy (non-hydrogen) atoms. The quantitative estimate of drug-likeness (QED) is 0.833. The molecule has 1 aliphatic heterocycles. The fraction of sp³-hybridized carbons (Fsp3) is 0.400. The van der Waals surface area contributed by atoms with Crippen molar-refractivity contribution in [3.63, 3.8) is 0 Å². The number of ether oxygens (including phenoxy) is 1. The molecule has 1 aliphatic rings. The van der Waals surface area contributed by atoms with Gasteiger partial charge >= 0.3 is 0 Å². The summed E-state index contributed by atoms with van der Waals surface area (Å²) >= 11 is 0. The molecule has 1 fully saturated rings. The van der Waals surface area contributed by atoms with Crippen molar-refractivity contribution in [3.8, 4) is 11.9 Å². The number of aromatic hydroxyl groups is 1. The van der Waals surface area contributed by atoms with Crippen LogP contribution in [0.15, 0.2) is 25.6 Å². The van der Waals surface area contributed by atoms with E-state index in [1.54, 1.807) is 18.0 Å². The number of rotatable bonds is 3. The second kappa shape index (κ2) is 6.74. The summed E-state index contributed by atoms with van der Waals surface area (Å²) in [6, 6.07) is 3.47. The van der Waals surface area contributed by atoms with Crippen LogP contribution >= 0.6 is 0 Å². The van der Waals surface area contributed by atoms with E-state index in [1.165, 1.54) is 6.92 Å². The van der Waals surface area contributed by atoms with Gasteiger partial charge in [0.05, 0.1) is 26.3 Å².